The fraction of sp³-hybridized carbons (Fsp3) is 0.345. The highest BCUT2D eigenvalue weighted by Crippen LogP contribution is 2.33. The van der Waals surface area contributed by atoms with Crippen molar-refractivity contribution in [2.24, 2.45) is 0 Å². The van der Waals surface area contributed by atoms with Gasteiger partial charge in [-0.3, -0.25) is 0 Å². The first kappa shape index (κ1) is 26.0. The van der Waals surface area contributed by atoms with Crippen LogP contribution in [0.3, 0.4) is 0 Å². The fourth-order valence-electron chi connectivity index (χ4n) is 4.19. The van der Waals surface area contributed by atoms with Crippen LogP contribution in [-0.4, -0.2) is 48.9 Å². The van der Waals surface area contributed by atoms with Gasteiger partial charge in [0.05, 0.1) is 39.6 Å². The molecule has 0 bridgehead atoms. The molecule has 36 heavy (non-hydrogen) atoms. The Balaban J connectivity index is 1.53. The zero-order valence-electron chi connectivity index (χ0n) is 20.3. The van der Waals surface area contributed by atoms with Gasteiger partial charge in [0.1, 0.15) is 12.2 Å². The van der Waals surface area contributed by atoms with Crippen LogP contribution in [0.1, 0.15) is 23.1 Å². The summed E-state index contributed by atoms with van der Waals surface area (Å²) in [6.07, 6.45) is -2.18. The van der Waals surface area contributed by atoms with Crippen molar-refractivity contribution in [1.82, 2.24) is 0 Å². The molecular weight excluding hydrogens is 460 g/mol. The van der Waals surface area contributed by atoms with E-state index in [0.717, 1.165) is 16.7 Å². The third-order valence-electron chi connectivity index (χ3n) is 6.05. The van der Waals surface area contributed by atoms with E-state index in [9.17, 15) is 9.90 Å². The van der Waals surface area contributed by atoms with Crippen LogP contribution in [0, 0.1) is 0 Å². The SMILES string of the molecule is COC(=O)[C@@]1(O)C[C@@H](OCc2ccccc2)[C@H](OCc2ccccc2)[C@@H](COCc2ccccc2)O1. The number of hydrogen-bond donors (Lipinski definition) is 1. The van der Waals surface area contributed by atoms with Crippen LogP contribution in [-0.2, 0) is 48.3 Å². The molecule has 7 nitrogen and oxygen atoms in total. The van der Waals surface area contributed by atoms with Crippen LogP contribution >= 0.6 is 0 Å². The molecule has 3 aromatic rings. The van der Waals surface area contributed by atoms with Gasteiger partial charge < -0.3 is 28.8 Å². The summed E-state index contributed by atoms with van der Waals surface area (Å²) in [5.74, 6) is -3.06. The lowest BCUT2D eigenvalue weighted by Crippen LogP contribution is -2.60. The van der Waals surface area contributed by atoms with Crippen molar-refractivity contribution < 1.29 is 33.6 Å². The Kier molecular flexibility index (Phi) is 9.22. The second kappa shape index (κ2) is 12.8. The van der Waals surface area contributed by atoms with E-state index in [-0.39, 0.29) is 19.6 Å². The molecule has 0 radical (unpaired) electrons. The van der Waals surface area contributed by atoms with Crippen LogP contribution in [0.5, 0.6) is 0 Å². The first-order chi connectivity index (χ1) is 17.6. The third kappa shape index (κ3) is 7.00. The molecule has 1 saturated heterocycles. The molecule has 1 aliphatic rings. The molecule has 4 atom stereocenters. The average molecular weight is 493 g/mol. The van der Waals surface area contributed by atoms with Gasteiger partial charge >= 0.3 is 5.97 Å². The minimum absolute atomic E-state index is 0.0822. The minimum Gasteiger partial charge on any atom is -0.465 e. The Morgan fingerprint density at radius 1 is 0.833 bits per heavy atom. The largest absolute Gasteiger partial charge is 0.465 e. The molecule has 0 amide bonds. The Hall–Kier alpha value is -3.07. The van der Waals surface area contributed by atoms with Gasteiger partial charge in [-0.15, -0.1) is 0 Å². The van der Waals surface area contributed by atoms with Gasteiger partial charge in [-0.2, -0.15) is 0 Å². The topological polar surface area (TPSA) is 83.5 Å². The highest BCUT2D eigenvalue weighted by Gasteiger charge is 2.53. The lowest BCUT2D eigenvalue weighted by molar-refractivity contribution is -0.313. The molecule has 0 unspecified atom stereocenters. The highest BCUT2D eigenvalue weighted by molar-refractivity contribution is 5.77. The summed E-state index contributed by atoms with van der Waals surface area (Å²) in [4.78, 5) is 12.5. The van der Waals surface area contributed by atoms with E-state index in [1.807, 2.05) is 91.0 Å². The standard InChI is InChI=1S/C29H32O7/c1-32-28(30)29(31)17-25(34-19-23-13-7-3-8-14-23)27(35-20-24-15-9-4-10-16-24)26(36-29)21-33-18-22-11-5-2-6-12-22/h2-16,25-27,31H,17-21H2,1H3/t25-,26-,27+,29-/m1/s1. The first-order valence-corrected chi connectivity index (χ1v) is 12.0. The summed E-state index contributed by atoms with van der Waals surface area (Å²) in [6.45, 7) is 1.02. The van der Waals surface area contributed by atoms with Gasteiger partial charge in [-0.25, -0.2) is 4.79 Å². The lowest BCUT2D eigenvalue weighted by Gasteiger charge is -2.44. The van der Waals surface area contributed by atoms with Gasteiger partial charge in [0.25, 0.3) is 5.79 Å². The summed E-state index contributed by atoms with van der Waals surface area (Å²) in [5.41, 5.74) is 2.94. The van der Waals surface area contributed by atoms with Gasteiger partial charge in [-0.1, -0.05) is 91.0 Å². The maximum absolute atomic E-state index is 12.5. The molecule has 3 aromatic carbocycles. The number of carbonyl (C=O) groups is 1. The number of hydrogen-bond acceptors (Lipinski definition) is 7. The number of benzene rings is 3. The molecule has 0 aliphatic carbocycles. The normalized spacial score (nSPS) is 23.8. The molecule has 7 heteroatoms. The molecule has 0 aromatic heterocycles. The second-order valence-electron chi connectivity index (χ2n) is 8.73. The predicted molar refractivity (Wildman–Crippen MR) is 133 cm³/mol. The van der Waals surface area contributed by atoms with Crippen molar-refractivity contribution in [3.63, 3.8) is 0 Å². The Labute approximate surface area is 211 Å². The first-order valence-electron chi connectivity index (χ1n) is 12.0. The minimum atomic E-state index is -2.18. The summed E-state index contributed by atoms with van der Waals surface area (Å²) in [6, 6.07) is 29.2. The van der Waals surface area contributed by atoms with E-state index in [4.69, 9.17) is 23.7 Å². The molecule has 0 spiro atoms. The lowest BCUT2D eigenvalue weighted by atomic mass is 9.95. The van der Waals surface area contributed by atoms with Crippen molar-refractivity contribution in [1.29, 1.82) is 0 Å². The van der Waals surface area contributed by atoms with Crippen molar-refractivity contribution in [3.05, 3.63) is 108 Å². The van der Waals surface area contributed by atoms with Crippen LogP contribution in [0.2, 0.25) is 0 Å². The van der Waals surface area contributed by atoms with E-state index in [1.165, 1.54) is 7.11 Å². The Morgan fingerprint density at radius 2 is 1.33 bits per heavy atom. The third-order valence-corrected chi connectivity index (χ3v) is 6.05. The van der Waals surface area contributed by atoms with Crippen molar-refractivity contribution >= 4 is 5.97 Å². The molecular formula is C29H32O7. The molecule has 4 rings (SSSR count). The monoisotopic (exact) mass is 492 g/mol. The second-order valence-corrected chi connectivity index (χ2v) is 8.73. The van der Waals surface area contributed by atoms with E-state index in [0.29, 0.717) is 13.2 Å². The molecule has 1 heterocycles. The predicted octanol–water partition coefficient (Wildman–Crippen LogP) is 4.02. The van der Waals surface area contributed by atoms with Gasteiger partial charge in [0.15, 0.2) is 0 Å². The fourth-order valence-corrected chi connectivity index (χ4v) is 4.19. The maximum Gasteiger partial charge on any atom is 0.366 e. The van der Waals surface area contributed by atoms with Crippen molar-refractivity contribution in [3.8, 4) is 0 Å². The number of rotatable bonds is 11. The zero-order valence-corrected chi connectivity index (χ0v) is 20.3. The van der Waals surface area contributed by atoms with E-state index in [1.54, 1.807) is 0 Å². The highest BCUT2D eigenvalue weighted by atomic mass is 16.7. The zero-order chi connectivity index (χ0) is 25.2. The Bertz CT molecular complexity index is 1060. The van der Waals surface area contributed by atoms with Gasteiger partial charge in [-0.05, 0) is 16.7 Å². The van der Waals surface area contributed by atoms with E-state index in [2.05, 4.69) is 0 Å². The number of aliphatic hydroxyl groups is 1. The van der Waals surface area contributed by atoms with Crippen LogP contribution in [0.4, 0.5) is 0 Å². The van der Waals surface area contributed by atoms with Crippen LogP contribution < -0.4 is 0 Å². The number of esters is 1. The molecule has 190 valence electrons. The number of methoxy groups -OCH3 is 1. The van der Waals surface area contributed by atoms with Crippen LogP contribution in [0.15, 0.2) is 91.0 Å². The summed E-state index contributed by atoms with van der Waals surface area (Å²) in [7, 11) is 1.21. The van der Waals surface area contributed by atoms with Gasteiger partial charge in [0, 0.05) is 6.42 Å². The number of ether oxygens (including phenoxy) is 5. The molecule has 1 fully saturated rings. The number of carbonyl (C=O) groups excluding carboxylic acids is 1. The smallest absolute Gasteiger partial charge is 0.366 e. The summed E-state index contributed by atoms with van der Waals surface area (Å²) < 4.78 is 29.2. The van der Waals surface area contributed by atoms with Crippen molar-refractivity contribution in [2.75, 3.05) is 13.7 Å². The molecule has 1 aliphatic heterocycles. The van der Waals surface area contributed by atoms with Crippen LogP contribution in [0.25, 0.3) is 0 Å². The maximum atomic E-state index is 12.5. The molecule has 1 N–H and O–H groups in total. The summed E-state index contributed by atoms with van der Waals surface area (Å²) >= 11 is 0. The molecule has 0 saturated carbocycles. The van der Waals surface area contributed by atoms with Crippen molar-refractivity contribution in [2.45, 2.75) is 50.3 Å². The van der Waals surface area contributed by atoms with E-state index >= 15 is 0 Å². The summed E-state index contributed by atoms with van der Waals surface area (Å²) in [5, 5.41) is 11.1. The quantitative estimate of drug-likeness (QED) is 0.405. The van der Waals surface area contributed by atoms with E-state index < -0.39 is 30.1 Å². The Morgan fingerprint density at radius 3 is 1.86 bits per heavy atom. The average Bonchev–Trinajstić information content (AvgIpc) is 2.92. The van der Waals surface area contributed by atoms with Gasteiger partial charge in [0.2, 0.25) is 0 Å².